The minimum Gasteiger partial charge on any atom is -0.434 e. The molecule has 38 heavy (non-hydrogen) atoms. The van der Waals surface area contributed by atoms with Gasteiger partial charge in [-0.3, -0.25) is 9.59 Å². The van der Waals surface area contributed by atoms with Crippen LogP contribution in [-0.2, 0) is 9.53 Å². The summed E-state index contributed by atoms with van der Waals surface area (Å²) in [5, 5.41) is 2.09. The summed E-state index contributed by atoms with van der Waals surface area (Å²) in [5.74, 6) is 0.722. The van der Waals surface area contributed by atoms with Crippen LogP contribution in [0.2, 0.25) is 0 Å². The summed E-state index contributed by atoms with van der Waals surface area (Å²) in [6.45, 7) is 9.95. The molecule has 192 valence electrons. The van der Waals surface area contributed by atoms with E-state index in [-0.39, 0.29) is 17.7 Å². The van der Waals surface area contributed by atoms with Crippen LogP contribution in [0.5, 0.6) is 0 Å². The maximum Gasteiger partial charge on any atom is 0.307 e. The third-order valence-electron chi connectivity index (χ3n) is 7.80. The Balaban J connectivity index is 1.61. The molecule has 0 bridgehead atoms. The first-order chi connectivity index (χ1) is 18.3. The van der Waals surface area contributed by atoms with Gasteiger partial charge in [0, 0.05) is 24.0 Å². The van der Waals surface area contributed by atoms with E-state index < -0.39 is 0 Å². The normalized spacial score (nSPS) is 17.8. The Bertz CT molecular complexity index is 1620. The Morgan fingerprint density at radius 1 is 0.921 bits per heavy atom. The molecule has 0 saturated heterocycles. The van der Waals surface area contributed by atoms with Crippen LogP contribution in [0.3, 0.4) is 0 Å². The van der Waals surface area contributed by atoms with Crippen molar-refractivity contribution in [3.05, 3.63) is 112 Å². The number of benzene rings is 3. The largest absolute Gasteiger partial charge is 0.434 e. The molecule has 0 saturated carbocycles. The van der Waals surface area contributed by atoms with Crippen LogP contribution >= 0.6 is 0 Å². The fourth-order valence-electron chi connectivity index (χ4n) is 5.64. The van der Waals surface area contributed by atoms with E-state index in [1.54, 1.807) is 0 Å². The summed E-state index contributed by atoms with van der Waals surface area (Å²) in [6.07, 6.45) is 8.94. The van der Waals surface area contributed by atoms with Gasteiger partial charge in [0.1, 0.15) is 0 Å². The van der Waals surface area contributed by atoms with Crippen molar-refractivity contribution in [2.45, 2.75) is 47.0 Å². The van der Waals surface area contributed by atoms with Crippen molar-refractivity contribution >= 4 is 29.0 Å². The number of ketones is 1. The van der Waals surface area contributed by atoms with Crippen LogP contribution < -0.4 is 10.4 Å². The van der Waals surface area contributed by atoms with Gasteiger partial charge in [0.2, 0.25) is 0 Å². The van der Waals surface area contributed by atoms with Crippen molar-refractivity contribution in [1.29, 1.82) is 0 Å². The number of Topliss-reactive ketones (excluding diaryl/α,β-unsaturated/α-hetero) is 1. The van der Waals surface area contributed by atoms with Gasteiger partial charge in [0.15, 0.2) is 5.78 Å². The molecule has 5 rings (SSSR count). The number of hydrogen-bond acceptors (Lipinski definition) is 3. The molecule has 2 atom stereocenters. The Morgan fingerprint density at radius 3 is 2.24 bits per heavy atom. The molecular weight excluding hydrogens is 468 g/mol. The minimum absolute atomic E-state index is 0.0397. The first kappa shape index (κ1) is 25.7. The van der Waals surface area contributed by atoms with Gasteiger partial charge in [-0.15, -0.1) is 0 Å². The van der Waals surface area contributed by atoms with Crippen molar-refractivity contribution in [1.82, 2.24) is 0 Å². The molecule has 0 aromatic heterocycles. The molecule has 2 aliphatic carbocycles. The molecule has 0 heterocycles. The Labute approximate surface area is 224 Å². The van der Waals surface area contributed by atoms with E-state index in [2.05, 4.69) is 69.3 Å². The van der Waals surface area contributed by atoms with Gasteiger partial charge >= 0.3 is 5.97 Å². The van der Waals surface area contributed by atoms with Crippen LogP contribution in [-0.4, -0.2) is 11.8 Å². The summed E-state index contributed by atoms with van der Waals surface area (Å²) in [5.41, 5.74) is 8.09. The Kier molecular flexibility index (Phi) is 7.03. The number of esters is 1. The third-order valence-corrected chi connectivity index (χ3v) is 7.80. The zero-order valence-corrected chi connectivity index (χ0v) is 22.7. The molecule has 0 aliphatic heterocycles. The van der Waals surface area contributed by atoms with Crippen LogP contribution in [0.25, 0.3) is 28.3 Å². The minimum atomic E-state index is -0.339. The number of allylic oxidation sites excluding steroid dienone is 3. The number of fused-ring (bicyclic) bond motifs is 4. The summed E-state index contributed by atoms with van der Waals surface area (Å²) < 4.78 is 5.11. The van der Waals surface area contributed by atoms with E-state index in [0.717, 1.165) is 44.7 Å². The lowest BCUT2D eigenvalue weighted by atomic mass is 9.92. The zero-order valence-electron chi connectivity index (χ0n) is 22.7. The number of carbonyl (C=O) groups excluding carboxylic acids is 2. The summed E-state index contributed by atoms with van der Waals surface area (Å²) >= 11 is 0. The van der Waals surface area contributed by atoms with Crippen molar-refractivity contribution < 1.29 is 14.3 Å². The molecule has 2 aliphatic rings. The van der Waals surface area contributed by atoms with E-state index in [0.29, 0.717) is 17.4 Å². The SMILES string of the molecule is CCC1c2ccc(C(=O)C3=c4ccccc4=CC(C(C)C)C=C3)cc2-c2cc(/C(C)=C/OC(C)=O)ccc21. The average molecular weight is 503 g/mol. The molecule has 0 radical (unpaired) electrons. The van der Waals surface area contributed by atoms with Crippen LogP contribution in [0.4, 0.5) is 0 Å². The van der Waals surface area contributed by atoms with Crippen LogP contribution in [0, 0.1) is 11.8 Å². The highest BCUT2D eigenvalue weighted by molar-refractivity contribution is 6.27. The zero-order chi connectivity index (χ0) is 27.0. The van der Waals surface area contributed by atoms with E-state index in [1.165, 1.54) is 24.3 Å². The van der Waals surface area contributed by atoms with E-state index in [1.807, 2.05) is 37.3 Å². The molecule has 2 unspecified atom stereocenters. The Morgan fingerprint density at radius 2 is 1.58 bits per heavy atom. The van der Waals surface area contributed by atoms with E-state index in [4.69, 9.17) is 4.74 Å². The maximum atomic E-state index is 14.0. The van der Waals surface area contributed by atoms with Gasteiger partial charge in [0.25, 0.3) is 0 Å². The van der Waals surface area contributed by atoms with Crippen molar-refractivity contribution in [3.8, 4) is 11.1 Å². The van der Waals surface area contributed by atoms with Gasteiger partial charge in [-0.25, -0.2) is 0 Å². The maximum absolute atomic E-state index is 14.0. The molecule has 3 aromatic rings. The summed E-state index contributed by atoms with van der Waals surface area (Å²) in [7, 11) is 0. The van der Waals surface area contributed by atoms with Gasteiger partial charge in [-0.1, -0.05) is 87.5 Å². The molecular formula is C35H34O3. The molecule has 0 fully saturated rings. The second-order valence-corrected chi connectivity index (χ2v) is 10.7. The van der Waals surface area contributed by atoms with Crippen molar-refractivity contribution in [3.63, 3.8) is 0 Å². The van der Waals surface area contributed by atoms with Gasteiger partial charge in [-0.05, 0) is 81.1 Å². The smallest absolute Gasteiger partial charge is 0.307 e. The predicted molar refractivity (Wildman–Crippen MR) is 155 cm³/mol. The topological polar surface area (TPSA) is 43.4 Å². The number of hydrogen-bond donors (Lipinski definition) is 0. The quantitative estimate of drug-likeness (QED) is 0.212. The van der Waals surface area contributed by atoms with Gasteiger partial charge in [-0.2, -0.15) is 0 Å². The molecule has 3 aromatic carbocycles. The highest BCUT2D eigenvalue weighted by atomic mass is 16.5. The number of ether oxygens (including phenoxy) is 1. The fraction of sp³-hybridized carbons (Fsp3) is 0.257. The first-order valence-corrected chi connectivity index (χ1v) is 13.4. The van der Waals surface area contributed by atoms with E-state index in [9.17, 15) is 9.59 Å². The van der Waals surface area contributed by atoms with Gasteiger partial charge < -0.3 is 4.74 Å². The molecule has 3 heteroatoms. The first-order valence-electron chi connectivity index (χ1n) is 13.4. The fourth-order valence-corrected chi connectivity index (χ4v) is 5.64. The number of carbonyl (C=O) groups is 2. The van der Waals surface area contributed by atoms with E-state index >= 15 is 0 Å². The predicted octanol–water partition coefficient (Wildman–Crippen LogP) is 6.79. The highest BCUT2D eigenvalue weighted by Gasteiger charge is 2.29. The highest BCUT2D eigenvalue weighted by Crippen LogP contribution is 2.47. The summed E-state index contributed by atoms with van der Waals surface area (Å²) in [4.78, 5) is 25.3. The lowest BCUT2D eigenvalue weighted by Crippen LogP contribution is -2.28. The standard InChI is InChI=1S/C35H34O3/c1-6-28-30-14-12-25(22(4)20-38-23(5)36)18-33(30)34-19-27(13-15-31(28)34)35(37)32-16-11-24(21(2)3)17-26-9-7-8-10-29(26)32/h7-21,24,28H,6H2,1-5H3/b22-20+. The lowest BCUT2D eigenvalue weighted by molar-refractivity contribution is -0.135. The second-order valence-electron chi connectivity index (χ2n) is 10.7. The van der Waals surface area contributed by atoms with Crippen molar-refractivity contribution in [2.75, 3.05) is 0 Å². The second kappa shape index (κ2) is 10.4. The molecule has 0 amide bonds. The molecule has 3 nitrogen and oxygen atoms in total. The summed E-state index contributed by atoms with van der Waals surface area (Å²) in [6, 6.07) is 20.8. The monoisotopic (exact) mass is 502 g/mol. The van der Waals surface area contributed by atoms with Crippen LogP contribution in [0.15, 0.2) is 79.1 Å². The molecule has 0 N–H and O–H groups in total. The third kappa shape index (κ3) is 4.69. The average Bonchev–Trinajstić information content (AvgIpc) is 3.09. The Hall–Kier alpha value is -3.98. The van der Waals surface area contributed by atoms with Crippen molar-refractivity contribution in [2.24, 2.45) is 11.8 Å². The number of rotatable bonds is 6. The molecule has 0 spiro atoms. The van der Waals surface area contributed by atoms with Gasteiger partial charge in [0.05, 0.1) is 6.26 Å². The van der Waals surface area contributed by atoms with Crippen LogP contribution in [0.1, 0.15) is 74.0 Å². The lowest BCUT2D eigenvalue weighted by Gasteiger charge is -2.11.